The molecule has 0 heterocycles. The highest BCUT2D eigenvalue weighted by molar-refractivity contribution is 5.30. The minimum atomic E-state index is 0.763. The highest BCUT2D eigenvalue weighted by atomic mass is 16.5. The van der Waals surface area contributed by atoms with Gasteiger partial charge in [-0.3, -0.25) is 0 Å². The van der Waals surface area contributed by atoms with Crippen LogP contribution in [-0.4, -0.2) is 33.5 Å². The van der Waals surface area contributed by atoms with Crippen molar-refractivity contribution >= 4 is 0 Å². The molecule has 0 saturated heterocycles. The Morgan fingerprint density at radius 2 is 1.43 bits per heavy atom. The molecule has 1 aliphatic rings. The summed E-state index contributed by atoms with van der Waals surface area (Å²) in [6, 6.07) is 7.82. The smallest absolute Gasteiger partial charge is 0.0465 e. The molecule has 0 unspecified atom stereocenters. The molecule has 3 heteroatoms. The van der Waals surface area contributed by atoms with E-state index in [1.165, 1.54) is 29.5 Å². The van der Waals surface area contributed by atoms with Gasteiger partial charge in [0.25, 0.3) is 0 Å². The lowest BCUT2D eigenvalue weighted by Crippen LogP contribution is -2.15. The number of ether oxygens (including phenoxy) is 2. The largest absolute Gasteiger partial charge is 0.385 e. The summed E-state index contributed by atoms with van der Waals surface area (Å²) in [4.78, 5) is 0. The second-order valence-electron chi connectivity index (χ2n) is 6.01. The van der Waals surface area contributed by atoms with Gasteiger partial charge >= 0.3 is 0 Å². The molecule has 21 heavy (non-hydrogen) atoms. The van der Waals surface area contributed by atoms with Crippen LogP contribution in [0.5, 0.6) is 0 Å². The summed E-state index contributed by atoms with van der Waals surface area (Å²) in [6.45, 7) is 2.67. The fraction of sp³-hybridized carbons (Fsp3) is 0.667. The predicted octanol–water partition coefficient (Wildman–Crippen LogP) is 3.10. The van der Waals surface area contributed by atoms with Gasteiger partial charge in [-0.2, -0.15) is 0 Å². The fourth-order valence-corrected chi connectivity index (χ4v) is 2.62. The molecular formula is C18H29NO2. The van der Waals surface area contributed by atoms with Gasteiger partial charge in [0.15, 0.2) is 0 Å². The molecule has 0 aromatic heterocycles. The quantitative estimate of drug-likeness (QED) is 0.636. The van der Waals surface area contributed by atoms with Crippen molar-refractivity contribution in [1.82, 2.24) is 5.32 Å². The molecule has 1 aliphatic carbocycles. The summed E-state index contributed by atoms with van der Waals surface area (Å²) < 4.78 is 10.3. The molecular weight excluding hydrogens is 262 g/mol. The van der Waals surface area contributed by atoms with E-state index in [0.29, 0.717) is 0 Å². The third-order valence-corrected chi connectivity index (χ3v) is 3.91. The molecule has 0 radical (unpaired) electrons. The second-order valence-corrected chi connectivity index (χ2v) is 6.01. The Labute approximate surface area is 129 Å². The van der Waals surface area contributed by atoms with Crippen molar-refractivity contribution in [1.29, 1.82) is 0 Å². The molecule has 0 atom stereocenters. The third kappa shape index (κ3) is 6.60. The first-order valence-electron chi connectivity index (χ1n) is 8.15. The Morgan fingerprint density at radius 3 is 1.90 bits per heavy atom. The van der Waals surface area contributed by atoms with Crippen LogP contribution in [0.4, 0.5) is 0 Å². The molecule has 1 N–H and O–H groups in total. The van der Waals surface area contributed by atoms with Crippen LogP contribution in [0.15, 0.2) is 18.2 Å². The molecule has 0 amide bonds. The van der Waals surface area contributed by atoms with Crippen LogP contribution in [0, 0.1) is 0 Å². The molecule has 2 rings (SSSR count). The van der Waals surface area contributed by atoms with Crippen LogP contribution in [0.25, 0.3) is 0 Å². The Morgan fingerprint density at radius 1 is 0.905 bits per heavy atom. The summed E-state index contributed by atoms with van der Waals surface area (Å²) in [5, 5.41) is 3.61. The SMILES string of the molecule is COCCCc1cc(CCCOC)cc(CNC2CC2)c1. The summed E-state index contributed by atoms with van der Waals surface area (Å²) in [5.41, 5.74) is 4.30. The van der Waals surface area contributed by atoms with Crippen molar-refractivity contribution in [2.24, 2.45) is 0 Å². The Balaban J connectivity index is 1.94. The summed E-state index contributed by atoms with van der Waals surface area (Å²) in [6.07, 6.45) is 7.06. The van der Waals surface area contributed by atoms with Crippen LogP contribution < -0.4 is 5.32 Å². The van der Waals surface area contributed by atoms with Gasteiger partial charge in [-0.1, -0.05) is 18.2 Å². The predicted molar refractivity (Wildman–Crippen MR) is 86.7 cm³/mol. The number of rotatable bonds is 11. The molecule has 3 nitrogen and oxygen atoms in total. The molecule has 118 valence electrons. The maximum absolute atomic E-state index is 5.16. The van der Waals surface area contributed by atoms with Crippen molar-refractivity contribution in [3.05, 3.63) is 34.9 Å². The maximum atomic E-state index is 5.16. The van der Waals surface area contributed by atoms with Crippen LogP contribution in [0.3, 0.4) is 0 Å². The van der Waals surface area contributed by atoms with Gasteiger partial charge in [-0.15, -0.1) is 0 Å². The summed E-state index contributed by atoms with van der Waals surface area (Å²) in [5.74, 6) is 0. The topological polar surface area (TPSA) is 30.5 Å². The molecule has 0 aliphatic heterocycles. The molecule has 1 fully saturated rings. The van der Waals surface area contributed by atoms with Crippen molar-refractivity contribution in [2.75, 3.05) is 27.4 Å². The molecule has 1 aromatic carbocycles. The van der Waals surface area contributed by atoms with Gasteiger partial charge in [0.1, 0.15) is 0 Å². The summed E-state index contributed by atoms with van der Waals surface area (Å²) in [7, 11) is 3.54. The molecule has 0 bridgehead atoms. The highest BCUT2D eigenvalue weighted by Crippen LogP contribution is 2.20. The Hall–Kier alpha value is -0.900. The average molecular weight is 291 g/mol. The lowest BCUT2D eigenvalue weighted by molar-refractivity contribution is 0.195. The number of benzene rings is 1. The Kier molecular flexibility index (Phi) is 7.20. The van der Waals surface area contributed by atoms with E-state index in [2.05, 4.69) is 23.5 Å². The zero-order valence-corrected chi connectivity index (χ0v) is 13.5. The van der Waals surface area contributed by atoms with Crippen LogP contribution in [-0.2, 0) is 28.9 Å². The first-order valence-corrected chi connectivity index (χ1v) is 8.15. The van der Waals surface area contributed by atoms with Crippen LogP contribution in [0.1, 0.15) is 42.4 Å². The van der Waals surface area contributed by atoms with Gasteiger partial charge in [0.05, 0.1) is 0 Å². The second kappa shape index (κ2) is 9.19. The fourth-order valence-electron chi connectivity index (χ4n) is 2.62. The zero-order chi connectivity index (χ0) is 14.9. The van der Waals surface area contributed by atoms with Gasteiger partial charge in [-0.05, 0) is 55.2 Å². The van der Waals surface area contributed by atoms with E-state index in [9.17, 15) is 0 Å². The zero-order valence-electron chi connectivity index (χ0n) is 13.5. The van der Waals surface area contributed by atoms with E-state index in [4.69, 9.17) is 9.47 Å². The monoisotopic (exact) mass is 291 g/mol. The van der Waals surface area contributed by atoms with Gasteiger partial charge in [0, 0.05) is 40.0 Å². The van der Waals surface area contributed by atoms with Crippen molar-refractivity contribution in [3.8, 4) is 0 Å². The maximum Gasteiger partial charge on any atom is 0.0465 e. The third-order valence-electron chi connectivity index (χ3n) is 3.91. The van der Waals surface area contributed by atoms with E-state index in [1.807, 2.05) is 0 Å². The van der Waals surface area contributed by atoms with E-state index < -0.39 is 0 Å². The van der Waals surface area contributed by atoms with Gasteiger partial charge in [0.2, 0.25) is 0 Å². The first-order chi connectivity index (χ1) is 10.3. The average Bonchev–Trinajstić information content (AvgIpc) is 3.30. The minimum absolute atomic E-state index is 0.763. The van der Waals surface area contributed by atoms with Crippen molar-refractivity contribution < 1.29 is 9.47 Å². The lowest BCUT2D eigenvalue weighted by atomic mass is 9.99. The van der Waals surface area contributed by atoms with E-state index in [-0.39, 0.29) is 0 Å². The lowest BCUT2D eigenvalue weighted by Gasteiger charge is -2.11. The van der Waals surface area contributed by atoms with Crippen LogP contribution >= 0.6 is 0 Å². The Bertz CT molecular complexity index is 387. The van der Waals surface area contributed by atoms with Gasteiger partial charge < -0.3 is 14.8 Å². The van der Waals surface area contributed by atoms with E-state index in [0.717, 1.165) is 51.5 Å². The number of methoxy groups -OCH3 is 2. The van der Waals surface area contributed by atoms with E-state index >= 15 is 0 Å². The minimum Gasteiger partial charge on any atom is -0.385 e. The standard InChI is InChI=1S/C18H29NO2/c1-20-9-3-5-15-11-16(6-4-10-21-2)13-17(12-15)14-19-18-7-8-18/h11-13,18-19H,3-10,14H2,1-2H3. The van der Waals surface area contributed by atoms with Crippen molar-refractivity contribution in [3.63, 3.8) is 0 Å². The normalized spacial score (nSPS) is 14.6. The highest BCUT2D eigenvalue weighted by Gasteiger charge is 2.20. The molecule has 0 spiro atoms. The van der Waals surface area contributed by atoms with E-state index in [1.54, 1.807) is 14.2 Å². The summed E-state index contributed by atoms with van der Waals surface area (Å²) >= 11 is 0. The first kappa shape index (κ1) is 16.5. The number of hydrogen-bond donors (Lipinski definition) is 1. The number of aryl methyl sites for hydroxylation is 2. The molecule has 1 aromatic rings. The number of hydrogen-bond acceptors (Lipinski definition) is 3. The van der Waals surface area contributed by atoms with Gasteiger partial charge in [-0.25, -0.2) is 0 Å². The van der Waals surface area contributed by atoms with Crippen LogP contribution in [0.2, 0.25) is 0 Å². The van der Waals surface area contributed by atoms with Crippen molar-refractivity contribution in [2.45, 2.75) is 51.1 Å². The number of nitrogens with one attached hydrogen (secondary N) is 1. The molecule has 1 saturated carbocycles.